The van der Waals surface area contributed by atoms with Crippen LogP contribution in [0.5, 0.6) is 0 Å². The number of ether oxygens (including phenoxy) is 1. The van der Waals surface area contributed by atoms with E-state index >= 15 is 0 Å². The Hall–Kier alpha value is -2.09. The second kappa shape index (κ2) is 6.57. The van der Waals surface area contributed by atoms with E-state index in [4.69, 9.17) is 14.7 Å². The van der Waals surface area contributed by atoms with E-state index in [1.807, 2.05) is 18.2 Å². The van der Waals surface area contributed by atoms with Crippen LogP contribution >= 0.6 is 11.3 Å². The normalized spacial score (nSPS) is 19.5. The van der Waals surface area contributed by atoms with Crippen molar-refractivity contribution in [3.63, 3.8) is 0 Å². The Morgan fingerprint density at radius 1 is 1.15 bits per heavy atom. The van der Waals surface area contributed by atoms with Crippen LogP contribution in [-0.2, 0) is 4.74 Å². The van der Waals surface area contributed by atoms with Crippen molar-refractivity contribution in [2.75, 3.05) is 38.2 Å². The Balaban J connectivity index is 1.42. The minimum atomic E-state index is 0.266. The molecule has 2 aliphatic rings. The number of hydrogen-bond donors (Lipinski definition) is 1. The number of nitrogens with zero attached hydrogens (tertiary/aromatic N) is 4. The fourth-order valence-corrected chi connectivity index (χ4v) is 4.40. The zero-order chi connectivity index (χ0) is 17.4. The van der Waals surface area contributed by atoms with Gasteiger partial charge in [-0.15, -0.1) is 11.3 Å². The number of pyridine rings is 1. The third-order valence-electron chi connectivity index (χ3n) is 5.31. The van der Waals surface area contributed by atoms with Crippen molar-refractivity contribution >= 4 is 27.4 Å². The Bertz CT molecular complexity index is 903. The number of morpholine rings is 1. The summed E-state index contributed by atoms with van der Waals surface area (Å²) in [5.74, 6) is 1.59. The molecule has 0 spiro atoms. The summed E-state index contributed by atoms with van der Waals surface area (Å²) < 4.78 is 5.51. The highest BCUT2D eigenvalue weighted by Gasteiger charge is 2.48. The summed E-state index contributed by atoms with van der Waals surface area (Å²) in [5.41, 5.74) is 1.07. The van der Waals surface area contributed by atoms with Gasteiger partial charge in [0, 0.05) is 31.4 Å². The van der Waals surface area contributed by atoms with E-state index in [0.717, 1.165) is 54.6 Å². The van der Waals surface area contributed by atoms with Crippen LogP contribution in [-0.4, -0.2) is 58.2 Å². The Kier molecular flexibility index (Phi) is 4.07. The van der Waals surface area contributed by atoms with Crippen LogP contribution in [0.2, 0.25) is 0 Å². The average molecular weight is 367 g/mol. The number of rotatable bonds is 5. The van der Waals surface area contributed by atoms with Gasteiger partial charge in [-0.2, -0.15) is 0 Å². The van der Waals surface area contributed by atoms with Crippen LogP contribution < -0.4 is 5.32 Å². The van der Waals surface area contributed by atoms with Gasteiger partial charge in [-0.05, 0) is 36.4 Å². The summed E-state index contributed by atoms with van der Waals surface area (Å²) in [6.07, 6.45) is 4.26. The minimum absolute atomic E-state index is 0.266. The third kappa shape index (κ3) is 2.96. The zero-order valence-electron chi connectivity index (χ0n) is 14.5. The van der Waals surface area contributed by atoms with Gasteiger partial charge in [-0.1, -0.05) is 6.07 Å². The molecule has 5 rings (SSSR count). The van der Waals surface area contributed by atoms with Crippen LogP contribution in [0.3, 0.4) is 0 Å². The molecular formula is C19H21N5OS. The lowest BCUT2D eigenvalue weighted by Gasteiger charge is -2.35. The molecule has 0 unspecified atom stereocenters. The lowest BCUT2D eigenvalue weighted by atomic mass is 10.2. The predicted octanol–water partition coefficient (Wildman–Crippen LogP) is 3.03. The molecule has 0 aromatic carbocycles. The monoisotopic (exact) mass is 367 g/mol. The van der Waals surface area contributed by atoms with Crippen LogP contribution in [0.15, 0.2) is 35.8 Å². The fraction of sp³-hybridized carbons (Fsp3) is 0.421. The molecule has 3 aromatic heterocycles. The lowest BCUT2D eigenvalue weighted by molar-refractivity contribution is 0.0125. The largest absolute Gasteiger partial charge is 0.379 e. The second-order valence-electron chi connectivity index (χ2n) is 6.93. The molecule has 7 heteroatoms. The van der Waals surface area contributed by atoms with Crippen LogP contribution in [0.1, 0.15) is 12.8 Å². The first-order valence-corrected chi connectivity index (χ1v) is 9.95. The van der Waals surface area contributed by atoms with Crippen molar-refractivity contribution in [3.8, 4) is 11.5 Å². The highest BCUT2D eigenvalue weighted by molar-refractivity contribution is 7.16. The number of thiophene rings is 1. The van der Waals surface area contributed by atoms with Crippen molar-refractivity contribution in [3.05, 3.63) is 35.8 Å². The van der Waals surface area contributed by atoms with Gasteiger partial charge in [-0.25, -0.2) is 9.97 Å². The predicted molar refractivity (Wildman–Crippen MR) is 103 cm³/mol. The molecule has 0 radical (unpaired) electrons. The molecule has 0 atom stereocenters. The lowest BCUT2D eigenvalue weighted by Crippen LogP contribution is -2.48. The van der Waals surface area contributed by atoms with Gasteiger partial charge >= 0.3 is 0 Å². The minimum Gasteiger partial charge on any atom is -0.379 e. The van der Waals surface area contributed by atoms with Gasteiger partial charge < -0.3 is 10.1 Å². The topological polar surface area (TPSA) is 63.2 Å². The summed E-state index contributed by atoms with van der Waals surface area (Å²) in [6.45, 7) is 4.65. The van der Waals surface area contributed by atoms with Crippen LogP contribution in [0, 0.1) is 0 Å². The van der Waals surface area contributed by atoms with E-state index in [9.17, 15) is 0 Å². The van der Waals surface area contributed by atoms with E-state index in [2.05, 4.69) is 26.6 Å². The molecule has 6 nitrogen and oxygen atoms in total. The van der Waals surface area contributed by atoms with Crippen molar-refractivity contribution in [1.29, 1.82) is 0 Å². The van der Waals surface area contributed by atoms with Gasteiger partial charge in [0.05, 0.1) is 18.6 Å². The maximum Gasteiger partial charge on any atom is 0.181 e. The number of hydrogen-bond acceptors (Lipinski definition) is 7. The third-order valence-corrected chi connectivity index (χ3v) is 6.12. The summed E-state index contributed by atoms with van der Waals surface area (Å²) in [5, 5.41) is 6.79. The van der Waals surface area contributed by atoms with Crippen molar-refractivity contribution in [2.24, 2.45) is 0 Å². The van der Waals surface area contributed by atoms with Crippen LogP contribution in [0.4, 0.5) is 5.82 Å². The first kappa shape index (κ1) is 16.1. The number of aromatic nitrogens is 3. The summed E-state index contributed by atoms with van der Waals surface area (Å²) in [4.78, 5) is 17.5. The SMILES string of the molecule is c1ccc(-c2nc(NCC3(N4CCOCC4)CC3)c3ccsc3n2)nc1. The van der Waals surface area contributed by atoms with Crippen molar-refractivity contribution < 1.29 is 4.74 Å². The van der Waals surface area contributed by atoms with E-state index < -0.39 is 0 Å². The molecule has 1 aliphatic carbocycles. The van der Waals surface area contributed by atoms with Crippen molar-refractivity contribution in [2.45, 2.75) is 18.4 Å². The Morgan fingerprint density at radius 3 is 2.81 bits per heavy atom. The summed E-state index contributed by atoms with van der Waals surface area (Å²) >= 11 is 1.64. The molecule has 0 bridgehead atoms. The Morgan fingerprint density at radius 2 is 2.04 bits per heavy atom. The quantitative estimate of drug-likeness (QED) is 0.748. The van der Waals surface area contributed by atoms with Gasteiger partial charge in [-0.3, -0.25) is 9.88 Å². The highest BCUT2D eigenvalue weighted by Crippen LogP contribution is 2.42. The van der Waals surface area contributed by atoms with Crippen LogP contribution in [0.25, 0.3) is 21.7 Å². The number of nitrogens with one attached hydrogen (secondary N) is 1. The van der Waals surface area contributed by atoms with E-state index in [-0.39, 0.29) is 5.54 Å². The maximum absolute atomic E-state index is 5.51. The molecular weight excluding hydrogens is 346 g/mol. The molecule has 3 aromatic rings. The van der Waals surface area contributed by atoms with Crippen molar-refractivity contribution in [1.82, 2.24) is 19.9 Å². The van der Waals surface area contributed by atoms with Gasteiger partial charge in [0.1, 0.15) is 16.3 Å². The average Bonchev–Trinajstić information content (AvgIpc) is 3.35. The molecule has 1 aliphatic heterocycles. The van der Waals surface area contributed by atoms with E-state index in [1.165, 1.54) is 12.8 Å². The first-order valence-electron chi connectivity index (χ1n) is 9.07. The number of fused-ring (bicyclic) bond motifs is 1. The summed E-state index contributed by atoms with van der Waals surface area (Å²) in [7, 11) is 0. The maximum atomic E-state index is 5.51. The smallest absolute Gasteiger partial charge is 0.181 e. The molecule has 1 N–H and O–H groups in total. The van der Waals surface area contributed by atoms with Gasteiger partial charge in [0.2, 0.25) is 0 Å². The standard InChI is InChI=1S/C19H21N5OS/c1-2-7-20-15(3-1)17-22-16(14-4-12-26-18(14)23-17)21-13-19(5-6-19)24-8-10-25-11-9-24/h1-4,7,12H,5-6,8-11,13H2,(H,21,22,23). The molecule has 4 heterocycles. The first-order chi connectivity index (χ1) is 12.8. The molecule has 26 heavy (non-hydrogen) atoms. The molecule has 2 fully saturated rings. The molecule has 1 saturated carbocycles. The van der Waals surface area contributed by atoms with Gasteiger partial charge in [0.15, 0.2) is 5.82 Å². The fourth-order valence-electron chi connectivity index (χ4n) is 3.63. The molecule has 0 amide bonds. The molecule has 134 valence electrons. The van der Waals surface area contributed by atoms with Gasteiger partial charge in [0.25, 0.3) is 0 Å². The second-order valence-corrected chi connectivity index (χ2v) is 7.82. The number of anilines is 1. The van der Waals surface area contributed by atoms with E-state index in [0.29, 0.717) is 5.82 Å². The Labute approximate surface area is 156 Å². The van der Waals surface area contributed by atoms with E-state index in [1.54, 1.807) is 17.5 Å². The zero-order valence-corrected chi connectivity index (χ0v) is 15.3. The highest BCUT2D eigenvalue weighted by atomic mass is 32.1. The molecule has 1 saturated heterocycles. The summed E-state index contributed by atoms with van der Waals surface area (Å²) in [6, 6.07) is 7.92.